The Kier molecular flexibility index (Phi) is 4.41. The normalized spacial score (nSPS) is 13.3. The van der Waals surface area contributed by atoms with Crippen molar-refractivity contribution in [1.82, 2.24) is 5.32 Å². The average molecular weight is 250 g/mol. The van der Waals surface area contributed by atoms with Crippen molar-refractivity contribution in [3.05, 3.63) is 23.8 Å². The third-order valence-electron chi connectivity index (χ3n) is 2.71. The molecule has 5 nitrogen and oxygen atoms in total. The van der Waals surface area contributed by atoms with Gasteiger partial charge in [0.25, 0.3) is 0 Å². The Morgan fingerprint density at radius 2 is 2.06 bits per heavy atom. The van der Waals surface area contributed by atoms with E-state index in [2.05, 4.69) is 5.32 Å². The first-order valence-electron chi connectivity index (χ1n) is 6.13. The van der Waals surface area contributed by atoms with Crippen molar-refractivity contribution in [2.24, 2.45) is 5.73 Å². The lowest BCUT2D eigenvalue weighted by Crippen LogP contribution is -2.19. The van der Waals surface area contributed by atoms with Crippen molar-refractivity contribution in [1.29, 1.82) is 0 Å². The molecule has 0 saturated heterocycles. The molecular weight excluding hydrogens is 232 g/mol. The molecule has 98 valence electrons. The topological polar surface area (TPSA) is 73.6 Å². The molecule has 0 fully saturated rings. The molecule has 1 aromatic carbocycles. The van der Waals surface area contributed by atoms with Gasteiger partial charge in [0.1, 0.15) is 13.2 Å². The maximum Gasteiger partial charge on any atom is 0.217 e. The van der Waals surface area contributed by atoms with Crippen LogP contribution in [0.3, 0.4) is 0 Å². The Morgan fingerprint density at radius 3 is 2.83 bits per heavy atom. The third-order valence-corrected chi connectivity index (χ3v) is 2.71. The molecule has 1 aliphatic rings. The number of ether oxygens (including phenoxy) is 2. The molecule has 0 unspecified atom stereocenters. The van der Waals surface area contributed by atoms with E-state index in [9.17, 15) is 4.79 Å². The molecule has 1 amide bonds. The molecule has 1 aliphatic heterocycles. The number of nitrogens with two attached hydrogens (primary N) is 1. The molecule has 18 heavy (non-hydrogen) atoms. The van der Waals surface area contributed by atoms with E-state index in [4.69, 9.17) is 15.2 Å². The van der Waals surface area contributed by atoms with Crippen LogP contribution in [0, 0.1) is 0 Å². The maximum atomic E-state index is 10.6. The number of primary amides is 1. The van der Waals surface area contributed by atoms with Gasteiger partial charge in [-0.1, -0.05) is 6.07 Å². The second kappa shape index (κ2) is 6.26. The highest BCUT2D eigenvalue weighted by Crippen LogP contribution is 2.30. The van der Waals surface area contributed by atoms with Crippen LogP contribution in [0.25, 0.3) is 0 Å². The van der Waals surface area contributed by atoms with Gasteiger partial charge in [-0.25, -0.2) is 0 Å². The summed E-state index contributed by atoms with van der Waals surface area (Å²) in [6.07, 6.45) is 1.19. The van der Waals surface area contributed by atoms with Crippen molar-refractivity contribution in [2.45, 2.75) is 19.4 Å². The average Bonchev–Trinajstić information content (AvgIpc) is 2.38. The van der Waals surface area contributed by atoms with Gasteiger partial charge in [0.15, 0.2) is 11.5 Å². The van der Waals surface area contributed by atoms with E-state index in [1.807, 2.05) is 18.2 Å². The van der Waals surface area contributed by atoms with Gasteiger partial charge in [0.2, 0.25) is 5.91 Å². The zero-order chi connectivity index (χ0) is 12.8. The van der Waals surface area contributed by atoms with Gasteiger partial charge in [-0.2, -0.15) is 0 Å². The minimum absolute atomic E-state index is 0.254. The van der Waals surface area contributed by atoms with Gasteiger partial charge in [-0.05, 0) is 30.7 Å². The van der Waals surface area contributed by atoms with Gasteiger partial charge in [0, 0.05) is 13.0 Å². The molecule has 1 heterocycles. The number of hydrogen-bond donors (Lipinski definition) is 2. The van der Waals surface area contributed by atoms with E-state index in [-0.39, 0.29) is 5.91 Å². The largest absolute Gasteiger partial charge is 0.486 e. The molecule has 2 rings (SSSR count). The lowest BCUT2D eigenvalue weighted by atomic mass is 10.2. The van der Waals surface area contributed by atoms with E-state index in [0.29, 0.717) is 19.6 Å². The van der Waals surface area contributed by atoms with Crippen LogP contribution in [0.5, 0.6) is 11.5 Å². The van der Waals surface area contributed by atoms with Gasteiger partial charge in [-0.15, -0.1) is 0 Å². The monoisotopic (exact) mass is 250 g/mol. The summed E-state index contributed by atoms with van der Waals surface area (Å²) in [7, 11) is 0. The number of carbonyl (C=O) groups excluding carboxylic acids is 1. The van der Waals surface area contributed by atoms with Crippen LogP contribution in [0.1, 0.15) is 18.4 Å². The molecule has 0 radical (unpaired) electrons. The highest BCUT2D eigenvalue weighted by molar-refractivity contribution is 5.73. The molecule has 0 atom stereocenters. The van der Waals surface area contributed by atoms with E-state index < -0.39 is 0 Å². The van der Waals surface area contributed by atoms with Gasteiger partial charge in [-0.3, -0.25) is 4.79 Å². The Balaban J connectivity index is 1.77. The lowest BCUT2D eigenvalue weighted by Gasteiger charge is -2.18. The zero-order valence-corrected chi connectivity index (χ0v) is 10.3. The third kappa shape index (κ3) is 3.63. The second-order valence-corrected chi connectivity index (χ2v) is 4.22. The van der Waals surface area contributed by atoms with E-state index in [1.165, 1.54) is 0 Å². The van der Waals surface area contributed by atoms with Crippen molar-refractivity contribution < 1.29 is 14.3 Å². The number of hydrogen-bond acceptors (Lipinski definition) is 4. The summed E-state index contributed by atoms with van der Waals surface area (Å²) in [5.41, 5.74) is 6.20. The fourth-order valence-corrected chi connectivity index (χ4v) is 1.82. The lowest BCUT2D eigenvalue weighted by molar-refractivity contribution is -0.118. The van der Waals surface area contributed by atoms with E-state index >= 15 is 0 Å². The maximum absolute atomic E-state index is 10.6. The van der Waals surface area contributed by atoms with Crippen molar-refractivity contribution in [2.75, 3.05) is 19.8 Å². The second-order valence-electron chi connectivity index (χ2n) is 4.22. The molecule has 5 heteroatoms. The fourth-order valence-electron chi connectivity index (χ4n) is 1.82. The highest BCUT2D eigenvalue weighted by Gasteiger charge is 2.11. The number of carbonyl (C=O) groups is 1. The van der Waals surface area contributed by atoms with Crippen molar-refractivity contribution >= 4 is 5.91 Å². The summed E-state index contributed by atoms with van der Waals surface area (Å²) >= 11 is 0. The Bertz CT molecular complexity index is 421. The van der Waals surface area contributed by atoms with Crippen LogP contribution in [-0.2, 0) is 11.3 Å². The van der Waals surface area contributed by atoms with Crippen LogP contribution in [0.15, 0.2) is 18.2 Å². The quantitative estimate of drug-likeness (QED) is 0.733. The van der Waals surface area contributed by atoms with Crippen LogP contribution in [-0.4, -0.2) is 25.7 Å². The highest BCUT2D eigenvalue weighted by atomic mass is 16.6. The molecule has 3 N–H and O–H groups in total. The van der Waals surface area contributed by atoms with Crippen molar-refractivity contribution in [3.8, 4) is 11.5 Å². The SMILES string of the molecule is NC(=O)CCCNCc1ccc2c(c1)OCCO2. The van der Waals surface area contributed by atoms with Gasteiger partial charge >= 0.3 is 0 Å². The number of nitrogens with one attached hydrogen (secondary N) is 1. The first-order chi connectivity index (χ1) is 8.75. The molecule has 0 saturated carbocycles. The predicted molar refractivity (Wildman–Crippen MR) is 67.6 cm³/mol. The molecule has 1 aromatic rings. The first kappa shape index (κ1) is 12.7. The number of fused-ring (bicyclic) bond motifs is 1. The van der Waals surface area contributed by atoms with E-state index in [0.717, 1.165) is 36.6 Å². The van der Waals surface area contributed by atoms with Crippen LogP contribution < -0.4 is 20.5 Å². The predicted octanol–water partition coefficient (Wildman–Crippen LogP) is 0.813. The summed E-state index contributed by atoms with van der Waals surface area (Å²) in [6.45, 7) is 2.73. The Labute approximate surface area is 106 Å². The summed E-state index contributed by atoms with van der Waals surface area (Å²) in [5, 5.41) is 3.26. The summed E-state index contributed by atoms with van der Waals surface area (Å²) in [4.78, 5) is 10.6. The fraction of sp³-hybridized carbons (Fsp3) is 0.462. The Morgan fingerprint density at radius 1 is 1.28 bits per heavy atom. The van der Waals surface area contributed by atoms with Gasteiger partial charge in [0.05, 0.1) is 0 Å². The molecule has 0 spiro atoms. The van der Waals surface area contributed by atoms with Crippen LogP contribution in [0.2, 0.25) is 0 Å². The van der Waals surface area contributed by atoms with Crippen LogP contribution in [0.4, 0.5) is 0 Å². The number of benzene rings is 1. The van der Waals surface area contributed by atoms with Gasteiger partial charge < -0.3 is 20.5 Å². The van der Waals surface area contributed by atoms with Crippen LogP contribution >= 0.6 is 0 Å². The molecule has 0 bridgehead atoms. The Hall–Kier alpha value is -1.75. The molecule has 0 aromatic heterocycles. The minimum atomic E-state index is -0.254. The summed E-state index contributed by atoms with van der Waals surface area (Å²) < 4.78 is 11.0. The molecule has 0 aliphatic carbocycles. The summed E-state index contributed by atoms with van der Waals surface area (Å²) in [5.74, 6) is 1.35. The van der Waals surface area contributed by atoms with Crippen molar-refractivity contribution in [3.63, 3.8) is 0 Å². The number of rotatable bonds is 6. The first-order valence-corrected chi connectivity index (χ1v) is 6.13. The minimum Gasteiger partial charge on any atom is -0.486 e. The summed E-state index contributed by atoms with van der Waals surface area (Å²) in [6, 6.07) is 5.92. The molecular formula is C13H18N2O3. The smallest absolute Gasteiger partial charge is 0.217 e. The standard InChI is InChI=1S/C13H18N2O3/c14-13(16)2-1-5-15-9-10-3-4-11-12(8-10)18-7-6-17-11/h3-4,8,15H,1-2,5-7,9H2,(H2,14,16). The zero-order valence-electron chi connectivity index (χ0n) is 10.3. The van der Waals surface area contributed by atoms with E-state index in [1.54, 1.807) is 0 Å². The number of amides is 1.